The number of carbonyl (C=O) groups excluding carboxylic acids is 1. The summed E-state index contributed by atoms with van der Waals surface area (Å²) in [5, 5.41) is 4.29. The summed E-state index contributed by atoms with van der Waals surface area (Å²) in [5.74, 6) is -0.203. The van der Waals surface area contributed by atoms with Crippen LogP contribution in [0.3, 0.4) is 0 Å². The lowest BCUT2D eigenvalue weighted by atomic mass is 10.1. The monoisotopic (exact) mass is 326 g/mol. The summed E-state index contributed by atoms with van der Waals surface area (Å²) < 4.78 is 9.36. The molecule has 0 saturated heterocycles. The second-order valence-corrected chi connectivity index (χ2v) is 7.06. The molecular formula is C14H22N4O3S. The Kier molecular flexibility index (Phi) is 5.29. The van der Waals surface area contributed by atoms with E-state index in [1.165, 1.54) is 0 Å². The molecule has 0 bridgehead atoms. The highest BCUT2D eigenvalue weighted by Gasteiger charge is 2.35. The fourth-order valence-corrected chi connectivity index (χ4v) is 1.67. The Morgan fingerprint density at radius 3 is 2.32 bits per heavy atom. The first-order valence-corrected chi connectivity index (χ1v) is 7.45. The summed E-state index contributed by atoms with van der Waals surface area (Å²) in [6, 6.07) is 0. The van der Waals surface area contributed by atoms with Crippen LogP contribution in [0.1, 0.15) is 47.4 Å². The van der Waals surface area contributed by atoms with Gasteiger partial charge in [-0.05, 0) is 47.1 Å². The minimum atomic E-state index is -1.25. The van der Waals surface area contributed by atoms with Crippen LogP contribution in [0.25, 0.3) is 0 Å². The van der Waals surface area contributed by atoms with Crippen molar-refractivity contribution in [2.75, 3.05) is 5.73 Å². The number of rotatable bonds is 5. The van der Waals surface area contributed by atoms with Crippen LogP contribution in [0.5, 0.6) is 0 Å². The molecule has 0 atom stereocenters. The number of nitrogen functional groups attached to an aromatic ring is 1. The van der Waals surface area contributed by atoms with E-state index in [2.05, 4.69) is 21.1 Å². The number of oxime groups is 1. The number of hydrogen-bond donors (Lipinski definition) is 1. The van der Waals surface area contributed by atoms with Crippen LogP contribution in [0.2, 0.25) is 0 Å². The number of nitrogens with zero attached hydrogens (tertiary/aromatic N) is 3. The first kappa shape index (κ1) is 18.1. The van der Waals surface area contributed by atoms with E-state index in [-0.39, 0.29) is 0 Å². The van der Waals surface area contributed by atoms with Crippen molar-refractivity contribution < 1.29 is 14.4 Å². The summed E-state index contributed by atoms with van der Waals surface area (Å²) in [5.41, 5.74) is 4.63. The van der Waals surface area contributed by atoms with Crippen molar-refractivity contribution in [1.29, 1.82) is 0 Å². The molecule has 7 nitrogen and oxygen atoms in total. The predicted octanol–water partition coefficient (Wildman–Crippen LogP) is 2.54. The average Bonchev–Trinajstić information content (AvgIpc) is 2.73. The summed E-state index contributed by atoms with van der Waals surface area (Å²) in [6.07, 6.45) is 0. The summed E-state index contributed by atoms with van der Waals surface area (Å²) >= 11 is 1.05. The highest BCUT2D eigenvalue weighted by molar-refractivity contribution is 7.09. The highest BCUT2D eigenvalue weighted by atomic mass is 32.1. The maximum atomic E-state index is 12.1. The molecule has 0 spiro atoms. The molecule has 1 rings (SSSR count). The van der Waals surface area contributed by atoms with E-state index in [1.807, 2.05) is 0 Å². The number of anilines is 1. The molecule has 1 aromatic rings. The van der Waals surface area contributed by atoms with Crippen LogP contribution in [-0.4, -0.2) is 32.2 Å². The first-order valence-electron chi connectivity index (χ1n) is 6.67. The third kappa shape index (κ3) is 5.10. The van der Waals surface area contributed by atoms with E-state index in [0.717, 1.165) is 11.5 Å². The summed E-state index contributed by atoms with van der Waals surface area (Å²) in [4.78, 5) is 21.5. The maximum absolute atomic E-state index is 12.1. The van der Waals surface area contributed by atoms with Crippen molar-refractivity contribution in [3.63, 3.8) is 0 Å². The Hall–Kier alpha value is -1.96. The van der Waals surface area contributed by atoms with Crippen molar-refractivity contribution in [1.82, 2.24) is 9.36 Å². The molecule has 0 aliphatic heterocycles. The number of esters is 1. The molecule has 0 saturated carbocycles. The smallest absolute Gasteiger partial charge is 0.353 e. The van der Waals surface area contributed by atoms with Crippen molar-refractivity contribution in [2.45, 2.75) is 52.7 Å². The second kappa shape index (κ2) is 6.43. The Labute approximate surface area is 134 Å². The van der Waals surface area contributed by atoms with Crippen molar-refractivity contribution in [3.05, 3.63) is 18.0 Å². The number of allylic oxidation sites excluding steroid dienone is 1. The molecule has 1 aromatic heterocycles. The number of aromatic nitrogens is 2. The lowest BCUT2D eigenvalue weighted by Crippen LogP contribution is -2.40. The average molecular weight is 326 g/mol. The van der Waals surface area contributed by atoms with Gasteiger partial charge in [0.05, 0.1) is 0 Å². The first-order chi connectivity index (χ1) is 9.92. The van der Waals surface area contributed by atoms with Crippen LogP contribution >= 0.6 is 11.5 Å². The molecule has 8 heteroatoms. The fourth-order valence-electron chi connectivity index (χ4n) is 1.24. The van der Waals surface area contributed by atoms with Gasteiger partial charge >= 0.3 is 5.97 Å². The largest absolute Gasteiger partial charge is 0.457 e. The number of carbonyl (C=O) groups is 1. The van der Waals surface area contributed by atoms with E-state index in [1.54, 1.807) is 41.5 Å². The topological polar surface area (TPSA) is 99.7 Å². The quantitative estimate of drug-likeness (QED) is 0.507. The number of nitrogens with two attached hydrogens (primary N) is 1. The lowest BCUT2D eigenvalue weighted by Gasteiger charge is -2.26. The minimum absolute atomic E-state index is 0.315. The van der Waals surface area contributed by atoms with E-state index in [4.69, 9.17) is 15.3 Å². The zero-order valence-corrected chi connectivity index (χ0v) is 14.6. The molecule has 0 radical (unpaired) electrons. The van der Waals surface area contributed by atoms with E-state index in [9.17, 15) is 4.79 Å². The highest BCUT2D eigenvalue weighted by Crippen LogP contribution is 2.19. The van der Waals surface area contributed by atoms with Gasteiger partial charge in [0, 0.05) is 11.5 Å². The van der Waals surface area contributed by atoms with Gasteiger partial charge in [-0.25, -0.2) is 4.79 Å². The molecule has 0 unspecified atom stereocenters. The van der Waals surface area contributed by atoms with Crippen LogP contribution in [0.4, 0.5) is 5.13 Å². The van der Waals surface area contributed by atoms with Crippen LogP contribution < -0.4 is 5.73 Å². The van der Waals surface area contributed by atoms with Crippen molar-refractivity contribution in [3.8, 4) is 0 Å². The van der Waals surface area contributed by atoms with E-state index in [0.29, 0.717) is 22.2 Å². The number of ether oxygens (including phenoxy) is 1. The van der Waals surface area contributed by atoms with Gasteiger partial charge in [0.15, 0.2) is 16.7 Å². The standard InChI is InChI=1S/C14H22N4O3S/c1-8(2)9(10-16-12(15)22-18-10)17-21-14(6,7)11(19)20-13(3,4)5/h1H2,2-7H3,(H2,15,16,18)/b17-9+. The lowest BCUT2D eigenvalue weighted by molar-refractivity contribution is -0.179. The normalized spacial score (nSPS) is 12.9. The summed E-state index contributed by atoms with van der Waals surface area (Å²) in [7, 11) is 0. The molecule has 0 fully saturated rings. The second-order valence-electron chi connectivity index (χ2n) is 6.28. The van der Waals surface area contributed by atoms with Crippen LogP contribution in [-0.2, 0) is 14.4 Å². The third-order valence-corrected chi connectivity index (χ3v) is 2.86. The third-order valence-electron chi connectivity index (χ3n) is 2.31. The van der Waals surface area contributed by atoms with Gasteiger partial charge < -0.3 is 15.3 Å². The zero-order chi connectivity index (χ0) is 17.1. The van der Waals surface area contributed by atoms with Gasteiger partial charge in [-0.2, -0.15) is 9.36 Å². The molecule has 2 N–H and O–H groups in total. The van der Waals surface area contributed by atoms with Gasteiger partial charge in [-0.1, -0.05) is 11.7 Å². The van der Waals surface area contributed by atoms with Gasteiger partial charge in [0.25, 0.3) is 0 Å². The Balaban J connectivity index is 2.94. The molecular weight excluding hydrogens is 304 g/mol. The predicted molar refractivity (Wildman–Crippen MR) is 86.7 cm³/mol. The summed E-state index contributed by atoms with van der Waals surface area (Å²) in [6.45, 7) is 14.0. The van der Waals surface area contributed by atoms with Gasteiger partial charge in [-0.3, -0.25) is 0 Å². The maximum Gasteiger partial charge on any atom is 0.353 e. The Bertz CT molecular complexity index is 599. The van der Waals surface area contributed by atoms with E-state index >= 15 is 0 Å². The fraction of sp³-hybridized carbons (Fsp3) is 0.571. The van der Waals surface area contributed by atoms with Gasteiger partial charge in [0.1, 0.15) is 5.60 Å². The van der Waals surface area contributed by atoms with Crippen LogP contribution in [0.15, 0.2) is 17.3 Å². The Morgan fingerprint density at radius 2 is 1.91 bits per heavy atom. The molecule has 0 aliphatic carbocycles. The molecule has 0 aliphatic rings. The van der Waals surface area contributed by atoms with E-state index < -0.39 is 17.2 Å². The van der Waals surface area contributed by atoms with Crippen molar-refractivity contribution in [2.24, 2.45) is 5.16 Å². The minimum Gasteiger partial charge on any atom is -0.457 e. The molecule has 1 heterocycles. The van der Waals surface area contributed by atoms with Gasteiger partial charge in [0.2, 0.25) is 5.60 Å². The molecule has 122 valence electrons. The molecule has 22 heavy (non-hydrogen) atoms. The molecule has 0 aromatic carbocycles. The Morgan fingerprint density at radius 1 is 1.32 bits per heavy atom. The molecule has 0 amide bonds. The SMILES string of the molecule is C=C(C)/C(=N\OC(C)(C)C(=O)OC(C)(C)C)c1nsc(N)n1. The van der Waals surface area contributed by atoms with Crippen LogP contribution in [0, 0.1) is 0 Å². The van der Waals surface area contributed by atoms with Gasteiger partial charge in [-0.15, -0.1) is 0 Å². The number of hydrogen-bond acceptors (Lipinski definition) is 8. The zero-order valence-electron chi connectivity index (χ0n) is 13.8. The van der Waals surface area contributed by atoms with Crippen molar-refractivity contribution >= 4 is 28.3 Å².